The number of rotatable bonds is 10. The van der Waals surface area contributed by atoms with Gasteiger partial charge in [-0.2, -0.15) is 0 Å². The predicted octanol–water partition coefficient (Wildman–Crippen LogP) is 3.86. The normalized spacial score (nSPS) is 14.6. The summed E-state index contributed by atoms with van der Waals surface area (Å²) in [5, 5.41) is 1.94. The molecule has 0 saturated carbocycles. The van der Waals surface area contributed by atoms with Gasteiger partial charge < -0.3 is 14.5 Å². The Kier molecular flexibility index (Phi) is 9.31. The zero-order valence-electron chi connectivity index (χ0n) is 19.0. The summed E-state index contributed by atoms with van der Waals surface area (Å²) in [4.78, 5) is 32.2. The van der Waals surface area contributed by atoms with Gasteiger partial charge in [-0.3, -0.25) is 14.5 Å². The molecule has 1 aliphatic heterocycles. The van der Waals surface area contributed by atoms with Gasteiger partial charge in [0.15, 0.2) is 0 Å². The van der Waals surface area contributed by atoms with E-state index in [0.717, 1.165) is 55.3 Å². The van der Waals surface area contributed by atoms with E-state index in [2.05, 4.69) is 4.90 Å². The van der Waals surface area contributed by atoms with Crippen LogP contribution < -0.4 is 4.74 Å². The molecular formula is C25H33N3O3S. The lowest BCUT2D eigenvalue weighted by Crippen LogP contribution is -2.50. The fourth-order valence-electron chi connectivity index (χ4n) is 3.79. The van der Waals surface area contributed by atoms with E-state index in [-0.39, 0.29) is 11.8 Å². The van der Waals surface area contributed by atoms with Crippen molar-refractivity contribution in [3.05, 3.63) is 58.3 Å². The molecule has 0 unspecified atom stereocenters. The second-order valence-electron chi connectivity index (χ2n) is 7.85. The van der Waals surface area contributed by atoms with Gasteiger partial charge in [-0.15, -0.1) is 11.3 Å². The smallest absolute Gasteiger partial charge is 0.264 e. The van der Waals surface area contributed by atoms with Crippen LogP contribution in [0, 0.1) is 0 Å². The summed E-state index contributed by atoms with van der Waals surface area (Å²) in [5.74, 6) is 1.13. The number of ether oxygens (including phenoxy) is 1. The Morgan fingerprint density at radius 1 is 1.12 bits per heavy atom. The SMILES string of the molecule is CCCC(=O)N(C/C=C/c1ccccc1OC)CCN1CCN(C(=O)c2cccs2)CC1. The van der Waals surface area contributed by atoms with Gasteiger partial charge in [0.05, 0.1) is 12.0 Å². The molecule has 6 nitrogen and oxygen atoms in total. The van der Waals surface area contributed by atoms with Crippen LogP contribution in [0.2, 0.25) is 0 Å². The number of amides is 2. The number of hydrogen-bond acceptors (Lipinski definition) is 5. The molecule has 0 bridgehead atoms. The Morgan fingerprint density at radius 2 is 1.91 bits per heavy atom. The average Bonchev–Trinajstić information content (AvgIpc) is 3.36. The molecule has 1 saturated heterocycles. The minimum absolute atomic E-state index is 0.126. The van der Waals surface area contributed by atoms with Crippen molar-refractivity contribution in [3.8, 4) is 5.75 Å². The van der Waals surface area contributed by atoms with Gasteiger partial charge in [0.2, 0.25) is 5.91 Å². The molecule has 1 aromatic carbocycles. The van der Waals surface area contributed by atoms with Crippen LogP contribution >= 0.6 is 11.3 Å². The first kappa shape index (κ1) is 24.0. The average molecular weight is 456 g/mol. The van der Waals surface area contributed by atoms with Crippen LogP contribution in [0.25, 0.3) is 6.08 Å². The highest BCUT2D eigenvalue weighted by Crippen LogP contribution is 2.19. The Bertz CT molecular complexity index is 890. The number of thiophene rings is 1. The van der Waals surface area contributed by atoms with E-state index < -0.39 is 0 Å². The van der Waals surface area contributed by atoms with Crippen molar-refractivity contribution in [1.82, 2.24) is 14.7 Å². The van der Waals surface area contributed by atoms with Gasteiger partial charge >= 0.3 is 0 Å². The molecule has 0 N–H and O–H groups in total. The molecule has 2 aromatic rings. The molecule has 7 heteroatoms. The summed E-state index contributed by atoms with van der Waals surface area (Å²) in [6.07, 6.45) is 5.45. The Labute approximate surface area is 195 Å². The third-order valence-electron chi connectivity index (χ3n) is 5.66. The lowest BCUT2D eigenvalue weighted by Gasteiger charge is -2.35. The Balaban J connectivity index is 1.51. The quantitative estimate of drug-likeness (QED) is 0.546. The summed E-state index contributed by atoms with van der Waals surface area (Å²) in [6, 6.07) is 11.7. The standard InChI is InChI=1S/C25H33N3O3S/c1-3-8-24(29)27(13-6-10-21-9-4-5-11-22(21)31-2)17-14-26-15-18-28(19-16-26)25(30)23-12-7-20-32-23/h4-7,9-12,20H,3,8,13-19H2,1-2H3/b10-6+. The number of piperazine rings is 1. The zero-order chi connectivity index (χ0) is 22.8. The summed E-state index contributed by atoms with van der Waals surface area (Å²) in [7, 11) is 1.66. The third kappa shape index (κ3) is 6.68. The summed E-state index contributed by atoms with van der Waals surface area (Å²) < 4.78 is 5.40. The van der Waals surface area contributed by atoms with E-state index in [4.69, 9.17) is 4.74 Å². The monoisotopic (exact) mass is 455 g/mol. The first-order chi connectivity index (χ1) is 15.6. The van der Waals surface area contributed by atoms with Gasteiger partial charge in [-0.1, -0.05) is 43.3 Å². The highest BCUT2D eigenvalue weighted by Gasteiger charge is 2.23. The van der Waals surface area contributed by atoms with Crippen molar-refractivity contribution >= 4 is 29.2 Å². The second kappa shape index (κ2) is 12.4. The van der Waals surface area contributed by atoms with Gasteiger partial charge in [0.25, 0.3) is 5.91 Å². The van der Waals surface area contributed by atoms with Crippen LogP contribution in [-0.4, -0.2) is 79.4 Å². The van der Waals surface area contributed by atoms with Crippen LogP contribution in [-0.2, 0) is 4.79 Å². The molecule has 0 spiro atoms. The molecule has 172 valence electrons. The number of methoxy groups -OCH3 is 1. The van der Waals surface area contributed by atoms with E-state index in [1.165, 1.54) is 11.3 Å². The van der Waals surface area contributed by atoms with Crippen molar-refractivity contribution in [2.24, 2.45) is 0 Å². The first-order valence-electron chi connectivity index (χ1n) is 11.2. The van der Waals surface area contributed by atoms with Gasteiger partial charge in [-0.25, -0.2) is 0 Å². The maximum atomic E-state index is 12.7. The largest absolute Gasteiger partial charge is 0.496 e. The fourth-order valence-corrected chi connectivity index (χ4v) is 4.48. The van der Waals surface area contributed by atoms with E-state index in [9.17, 15) is 9.59 Å². The van der Waals surface area contributed by atoms with Crippen molar-refractivity contribution in [1.29, 1.82) is 0 Å². The summed E-state index contributed by atoms with van der Waals surface area (Å²) in [5.41, 5.74) is 1.00. The minimum atomic E-state index is 0.126. The zero-order valence-corrected chi connectivity index (χ0v) is 19.9. The van der Waals surface area contributed by atoms with E-state index in [0.29, 0.717) is 19.5 Å². The minimum Gasteiger partial charge on any atom is -0.496 e. The lowest BCUT2D eigenvalue weighted by atomic mass is 10.2. The van der Waals surface area contributed by atoms with Gasteiger partial charge in [0.1, 0.15) is 5.75 Å². The van der Waals surface area contributed by atoms with Crippen LogP contribution in [0.15, 0.2) is 47.9 Å². The van der Waals surface area contributed by atoms with Crippen LogP contribution in [0.3, 0.4) is 0 Å². The number of carbonyl (C=O) groups excluding carboxylic acids is 2. The van der Waals surface area contributed by atoms with Crippen LogP contribution in [0.1, 0.15) is 35.0 Å². The van der Waals surface area contributed by atoms with E-state index in [1.807, 2.05) is 70.7 Å². The van der Waals surface area contributed by atoms with Crippen molar-refractivity contribution in [2.75, 3.05) is 52.9 Å². The highest BCUT2D eigenvalue weighted by molar-refractivity contribution is 7.12. The van der Waals surface area contributed by atoms with E-state index in [1.54, 1.807) is 7.11 Å². The van der Waals surface area contributed by atoms with Gasteiger partial charge in [-0.05, 0) is 23.9 Å². The van der Waals surface area contributed by atoms with Crippen molar-refractivity contribution < 1.29 is 14.3 Å². The molecule has 0 radical (unpaired) electrons. The fraction of sp³-hybridized carbons (Fsp3) is 0.440. The predicted molar refractivity (Wildman–Crippen MR) is 130 cm³/mol. The molecule has 2 heterocycles. The highest BCUT2D eigenvalue weighted by atomic mass is 32.1. The molecule has 1 aliphatic rings. The molecule has 2 amide bonds. The third-order valence-corrected chi connectivity index (χ3v) is 6.51. The number of nitrogens with zero attached hydrogens (tertiary/aromatic N) is 3. The van der Waals surface area contributed by atoms with Crippen LogP contribution in [0.4, 0.5) is 0 Å². The van der Waals surface area contributed by atoms with Gasteiger partial charge in [0, 0.05) is 57.8 Å². The molecular weight excluding hydrogens is 422 g/mol. The maximum absolute atomic E-state index is 12.7. The first-order valence-corrected chi connectivity index (χ1v) is 12.1. The molecule has 3 rings (SSSR count). The van der Waals surface area contributed by atoms with Crippen molar-refractivity contribution in [3.63, 3.8) is 0 Å². The number of hydrogen-bond donors (Lipinski definition) is 0. The molecule has 0 aliphatic carbocycles. The van der Waals surface area contributed by atoms with Crippen molar-refractivity contribution in [2.45, 2.75) is 19.8 Å². The summed E-state index contributed by atoms with van der Waals surface area (Å²) in [6.45, 7) is 7.25. The Morgan fingerprint density at radius 3 is 2.59 bits per heavy atom. The van der Waals surface area contributed by atoms with E-state index >= 15 is 0 Å². The second-order valence-corrected chi connectivity index (χ2v) is 8.79. The Hall–Kier alpha value is -2.64. The number of carbonyl (C=O) groups is 2. The molecule has 1 aromatic heterocycles. The maximum Gasteiger partial charge on any atom is 0.264 e. The lowest BCUT2D eigenvalue weighted by molar-refractivity contribution is -0.130. The number of benzene rings is 1. The summed E-state index contributed by atoms with van der Waals surface area (Å²) >= 11 is 1.49. The molecule has 0 atom stereocenters. The van der Waals surface area contributed by atoms with Crippen LogP contribution in [0.5, 0.6) is 5.75 Å². The molecule has 1 fully saturated rings. The topological polar surface area (TPSA) is 53.1 Å². The number of para-hydroxylation sites is 1. The molecule has 32 heavy (non-hydrogen) atoms.